The predicted octanol–water partition coefficient (Wildman–Crippen LogP) is 4.45. The van der Waals surface area contributed by atoms with Gasteiger partial charge in [0.25, 0.3) is 5.91 Å². The van der Waals surface area contributed by atoms with Crippen molar-refractivity contribution in [2.24, 2.45) is 0 Å². The van der Waals surface area contributed by atoms with Crippen molar-refractivity contribution in [1.29, 1.82) is 0 Å². The second-order valence-electron chi connectivity index (χ2n) is 4.22. The van der Waals surface area contributed by atoms with Gasteiger partial charge < -0.3 is 5.32 Å². The number of nitrogens with one attached hydrogen (secondary N) is 1. The molecular formula is C15H12Br2FNO. The van der Waals surface area contributed by atoms with Crippen molar-refractivity contribution < 1.29 is 9.18 Å². The Labute approximate surface area is 133 Å². The van der Waals surface area contributed by atoms with E-state index >= 15 is 0 Å². The number of rotatable bonds is 4. The SMILES string of the molecule is O=C(NCC(Br)c1ccccc1)c1ccc(F)c(Br)c1. The van der Waals surface area contributed by atoms with E-state index in [0.29, 0.717) is 12.1 Å². The monoisotopic (exact) mass is 399 g/mol. The van der Waals surface area contributed by atoms with Crippen molar-refractivity contribution >= 4 is 37.8 Å². The fourth-order valence-corrected chi connectivity index (χ4v) is 2.55. The maximum Gasteiger partial charge on any atom is 0.251 e. The number of carbonyl (C=O) groups excluding carboxylic acids is 1. The molecule has 104 valence electrons. The van der Waals surface area contributed by atoms with E-state index in [2.05, 4.69) is 37.2 Å². The van der Waals surface area contributed by atoms with Crippen LogP contribution in [-0.4, -0.2) is 12.5 Å². The van der Waals surface area contributed by atoms with Gasteiger partial charge in [0.15, 0.2) is 0 Å². The number of hydrogen-bond acceptors (Lipinski definition) is 1. The van der Waals surface area contributed by atoms with Gasteiger partial charge >= 0.3 is 0 Å². The molecule has 0 aromatic heterocycles. The van der Waals surface area contributed by atoms with E-state index in [1.807, 2.05) is 30.3 Å². The Bertz CT molecular complexity index is 604. The maximum atomic E-state index is 13.1. The molecule has 1 amide bonds. The zero-order valence-corrected chi connectivity index (χ0v) is 13.6. The van der Waals surface area contributed by atoms with Crippen LogP contribution in [0.5, 0.6) is 0 Å². The Balaban J connectivity index is 1.97. The van der Waals surface area contributed by atoms with E-state index in [0.717, 1.165) is 5.56 Å². The lowest BCUT2D eigenvalue weighted by atomic mass is 10.1. The molecule has 5 heteroatoms. The first kappa shape index (κ1) is 15.2. The molecule has 1 N–H and O–H groups in total. The van der Waals surface area contributed by atoms with Crippen LogP contribution in [-0.2, 0) is 0 Å². The van der Waals surface area contributed by atoms with Crippen LogP contribution in [0, 0.1) is 5.82 Å². The molecule has 1 atom stereocenters. The van der Waals surface area contributed by atoms with Crippen LogP contribution in [0.25, 0.3) is 0 Å². The summed E-state index contributed by atoms with van der Waals surface area (Å²) in [5.74, 6) is -0.615. The van der Waals surface area contributed by atoms with Gasteiger partial charge in [0.05, 0.1) is 9.30 Å². The zero-order chi connectivity index (χ0) is 14.5. The minimum Gasteiger partial charge on any atom is -0.351 e. The first-order valence-electron chi connectivity index (χ1n) is 6.00. The normalized spacial score (nSPS) is 11.9. The molecule has 20 heavy (non-hydrogen) atoms. The van der Waals surface area contributed by atoms with Crippen LogP contribution in [0.4, 0.5) is 4.39 Å². The fraction of sp³-hybridized carbons (Fsp3) is 0.133. The van der Waals surface area contributed by atoms with Crippen molar-refractivity contribution in [2.45, 2.75) is 4.83 Å². The summed E-state index contributed by atoms with van der Waals surface area (Å²) in [5, 5.41) is 2.81. The molecule has 0 aliphatic rings. The molecule has 0 fully saturated rings. The third-order valence-electron chi connectivity index (χ3n) is 2.78. The third kappa shape index (κ3) is 3.90. The number of carbonyl (C=O) groups is 1. The third-order valence-corrected chi connectivity index (χ3v) is 4.24. The van der Waals surface area contributed by atoms with E-state index in [-0.39, 0.29) is 21.0 Å². The summed E-state index contributed by atoms with van der Waals surface area (Å²) in [6.45, 7) is 0.456. The van der Waals surface area contributed by atoms with Gasteiger partial charge in [-0.3, -0.25) is 4.79 Å². The molecule has 0 radical (unpaired) electrons. The number of benzene rings is 2. The lowest BCUT2D eigenvalue weighted by molar-refractivity contribution is 0.0954. The Morgan fingerprint density at radius 2 is 1.90 bits per heavy atom. The Kier molecular flexibility index (Phi) is 5.31. The highest BCUT2D eigenvalue weighted by Crippen LogP contribution is 2.21. The van der Waals surface area contributed by atoms with Gasteiger partial charge in [0.2, 0.25) is 0 Å². The molecule has 1 unspecified atom stereocenters. The van der Waals surface area contributed by atoms with Gasteiger partial charge in [-0.05, 0) is 39.7 Å². The van der Waals surface area contributed by atoms with Crippen LogP contribution in [0.3, 0.4) is 0 Å². The molecule has 2 rings (SSSR count). The van der Waals surface area contributed by atoms with Gasteiger partial charge in [0.1, 0.15) is 5.82 Å². The molecule has 0 aliphatic carbocycles. The summed E-state index contributed by atoms with van der Waals surface area (Å²) in [5.41, 5.74) is 1.51. The van der Waals surface area contributed by atoms with Crippen LogP contribution in [0.2, 0.25) is 0 Å². The number of alkyl halides is 1. The van der Waals surface area contributed by atoms with Crippen molar-refractivity contribution in [1.82, 2.24) is 5.32 Å². The maximum absolute atomic E-state index is 13.1. The molecule has 2 aromatic carbocycles. The van der Waals surface area contributed by atoms with Crippen molar-refractivity contribution in [2.75, 3.05) is 6.54 Å². The van der Waals surface area contributed by atoms with Crippen LogP contribution in [0.1, 0.15) is 20.7 Å². The highest BCUT2D eigenvalue weighted by molar-refractivity contribution is 9.10. The van der Waals surface area contributed by atoms with E-state index in [1.165, 1.54) is 18.2 Å². The van der Waals surface area contributed by atoms with Crippen molar-refractivity contribution in [3.63, 3.8) is 0 Å². The van der Waals surface area contributed by atoms with Crippen molar-refractivity contribution in [3.8, 4) is 0 Å². The average molecular weight is 401 g/mol. The topological polar surface area (TPSA) is 29.1 Å². The van der Waals surface area contributed by atoms with Crippen LogP contribution in [0.15, 0.2) is 53.0 Å². The molecule has 0 bridgehead atoms. The van der Waals surface area contributed by atoms with Crippen LogP contribution < -0.4 is 5.32 Å². The van der Waals surface area contributed by atoms with Gasteiger partial charge in [-0.25, -0.2) is 4.39 Å². The van der Waals surface area contributed by atoms with Crippen LogP contribution >= 0.6 is 31.9 Å². The molecule has 0 heterocycles. The molecule has 0 spiro atoms. The molecular weight excluding hydrogens is 389 g/mol. The average Bonchev–Trinajstić information content (AvgIpc) is 2.48. The second kappa shape index (κ2) is 6.99. The lowest BCUT2D eigenvalue weighted by Gasteiger charge is -2.11. The first-order chi connectivity index (χ1) is 9.58. The summed E-state index contributed by atoms with van der Waals surface area (Å²) in [7, 11) is 0. The van der Waals surface area contributed by atoms with Crippen molar-refractivity contribution in [3.05, 3.63) is 69.9 Å². The summed E-state index contributed by atoms with van der Waals surface area (Å²) < 4.78 is 13.4. The first-order valence-corrected chi connectivity index (χ1v) is 7.71. The quantitative estimate of drug-likeness (QED) is 0.754. The van der Waals surface area contributed by atoms with E-state index in [1.54, 1.807) is 0 Å². The minimum atomic E-state index is -0.385. The number of hydrogen-bond donors (Lipinski definition) is 1. The fourth-order valence-electron chi connectivity index (χ4n) is 1.70. The Morgan fingerprint density at radius 1 is 1.20 bits per heavy atom. The Morgan fingerprint density at radius 3 is 2.55 bits per heavy atom. The Hall–Kier alpha value is -1.20. The highest BCUT2D eigenvalue weighted by Gasteiger charge is 2.11. The van der Waals surface area contributed by atoms with E-state index in [4.69, 9.17) is 0 Å². The summed E-state index contributed by atoms with van der Waals surface area (Å²) >= 11 is 6.60. The molecule has 0 aliphatic heterocycles. The molecule has 2 nitrogen and oxygen atoms in total. The molecule has 2 aromatic rings. The highest BCUT2D eigenvalue weighted by atomic mass is 79.9. The lowest BCUT2D eigenvalue weighted by Crippen LogP contribution is -2.26. The zero-order valence-electron chi connectivity index (χ0n) is 10.4. The van der Waals surface area contributed by atoms with Gasteiger partial charge in [-0.2, -0.15) is 0 Å². The van der Waals surface area contributed by atoms with Gasteiger partial charge in [-0.15, -0.1) is 0 Å². The number of amides is 1. The number of halogens is 3. The van der Waals surface area contributed by atoms with E-state index in [9.17, 15) is 9.18 Å². The predicted molar refractivity (Wildman–Crippen MR) is 84.5 cm³/mol. The summed E-state index contributed by atoms with van der Waals surface area (Å²) in [6, 6.07) is 14.0. The van der Waals surface area contributed by atoms with E-state index < -0.39 is 0 Å². The standard InChI is InChI=1S/C15H12Br2FNO/c16-12-8-11(6-7-14(12)18)15(20)19-9-13(17)10-4-2-1-3-5-10/h1-8,13H,9H2,(H,19,20). The smallest absolute Gasteiger partial charge is 0.251 e. The molecule has 0 saturated carbocycles. The largest absolute Gasteiger partial charge is 0.351 e. The summed E-state index contributed by atoms with van der Waals surface area (Å²) in [4.78, 5) is 12.0. The van der Waals surface area contributed by atoms with Gasteiger partial charge in [0, 0.05) is 12.1 Å². The van der Waals surface area contributed by atoms with Gasteiger partial charge in [-0.1, -0.05) is 46.3 Å². The summed E-state index contributed by atoms with van der Waals surface area (Å²) in [6.07, 6.45) is 0. The molecule has 0 saturated heterocycles. The second-order valence-corrected chi connectivity index (χ2v) is 6.18. The minimum absolute atomic E-state index is 0.0385.